The van der Waals surface area contributed by atoms with Crippen molar-refractivity contribution in [3.05, 3.63) is 0 Å². The summed E-state index contributed by atoms with van der Waals surface area (Å²) in [5.74, 6) is -2.10. The third-order valence-electron chi connectivity index (χ3n) is 20.4. The Bertz CT molecular complexity index is 1980. The fourth-order valence-electron chi connectivity index (χ4n) is 13.5. The normalized spacial score (nSPS) is 13.7. The van der Waals surface area contributed by atoms with Crippen LogP contribution in [-0.4, -0.2) is 96.7 Å². The summed E-state index contributed by atoms with van der Waals surface area (Å²) in [7, 11) is -9.92. The zero-order valence-electron chi connectivity index (χ0n) is 68.7. The molecule has 0 aromatic rings. The minimum atomic E-state index is -4.96. The smallest absolute Gasteiger partial charge is 0.462 e. The van der Waals surface area contributed by atoms with Crippen molar-refractivity contribution in [3.63, 3.8) is 0 Å². The van der Waals surface area contributed by atoms with Crippen molar-refractivity contribution in [1.82, 2.24) is 0 Å². The van der Waals surface area contributed by atoms with E-state index in [1.807, 2.05) is 0 Å². The lowest BCUT2D eigenvalue weighted by atomic mass is 10.0. The minimum Gasteiger partial charge on any atom is -0.462 e. The van der Waals surface area contributed by atoms with Crippen LogP contribution >= 0.6 is 15.6 Å². The van der Waals surface area contributed by atoms with Gasteiger partial charge in [0.05, 0.1) is 26.4 Å². The molecule has 5 atom stereocenters. The number of hydrogen-bond acceptors (Lipinski definition) is 15. The highest BCUT2D eigenvalue weighted by atomic mass is 31.2. The number of carbonyl (C=O) groups excluding carboxylic acids is 4. The molecule has 0 aliphatic rings. The number of rotatable bonds is 87. The summed E-state index contributed by atoms with van der Waals surface area (Å²) in [6.45, 7) is 5.05. The summed E-state index contributed by atoms with van der Waals surface area (Å²) in [6.07, 6.45) is 75.0. The minimum absolute atomic E-state index is 0.109. The van der Waals surface area contributed by atoms with Crippen LogP contribution in [0.3, 0.4) is 0 Å². The Balaban J connectivity index is 5.21. The highest BCUT2D eigenvalue weighted by Crippen LogP contribution is 2.45. The summed E-state index contributed by atoms with van der Waals surface area (Å²) < 4.78 is 68.9. The van der Waals surface area contributed by atoms with Gasteiger partial charge in [0.1, 0.15) is 19.3 Å². The van der Waals surface area contributed by atoms with E-state index in [9.17, 15) is 43.2 Å². The van der Waals surface area contributed by atoms with Gasteiger partial charge >= 0.3 is 39.5 Å². The Morgan fingerprint density at radius 1 is 0.229 bits per heavy atom. The average Bonchev–Trinajstić information content (AvgIpc) is 0.930. The lowest BCUT2D eigenvalue weighted by Crippen LogP contribution is -2.30. The van der Waals surface area contributed by atoms with E-state index in [0.29, 0.717) is 25.7 Å². The predicted octanol–water partition coefficient (Wildman–Crippen LogP) is 26.5. The first-order chi connectivity index (χ1) is 51.2. The maximum absolute atomic E-state index is 13.1. The summed E-state index contributed by atoms with van der Waals surface area (Å²) in [5, 5.41) is 10.7. The molecule has 0 amide bonds. The number of aliphatic hydroxyl groups excluding tert-OH is 1. The van der Waals surface area contributed by atoms with E-state index in [-0.39, 0.29) is 25.7 Å². The molecule has 0 fully saturated rings. The Morgan fingerprint density at radius 2 is 0.381 bits per heavy atom. The molecule has 2 unspecified atom stereocenters. The maximum atomic E-state index is 13.1. The van der Waals surface area contributed by atoms with Gasteiger partial charge in [-0.3, -0.25) is 37.3 Å². The molecule has 0 saturated heterocycles. The third-order valence-corrected chi connectivity index (χ3v) is 22.3. The highest BCUT2D eigenvalue weighted by Gasteiger charge is 2.30. The Kier molecular flexibility index (Phi) is 78.6. The molecule has 0 heterocycles. The first-order valence-corrected chi connectivity index (χ1v) is 47.8. The number of phosphoric ester groups is 2. The zero-order chi connectivity index (χ0) is 76.7. The number of aliphatic hydroxyl groups is 1. The second-order valence-electron chi connectivity index (χ2n) is 30.9. The summed E-state index contributed by atoms with van der Waals surface area (Å²) in [4.78, 5) is 73.2. The van der Waals surface area contributed by atoms with Gasteiger partial charge in [0, 0.05) is 25.7 Å². The Labute approximate surface area is 645 Å². The molecule has 0 bridgehead atoms. The molecule has 0 saturated carbocycles. The largest absolute Gasteiger partial charge is 0.472 e. The molecule has 0 aliphatic heterocycles. The highest BCUT2D eigenvalue weighted by molar-refractivity contribution is 7.47. The van der Waals surface area contributed by atoms with Crippen LogP contribution in [-0.2, 0) is 65.4 Å². The van der Waals surface area contributed by atoms with Gasteiger partial charge in [0.25, 0.3) is 0 Å². The molecule has 0 rings (SSSR count). The van der Waals surface area contributed by atoms with Gasteiger partial charge in [-0.05, 0) is 25.7 Å². The summed E-state index contributed by atoms with van der Waals surface area (Å²) >= 11 is 0. The fourth-order valence-corrected chi connectivity index (χ4v) is 15.1. The third kappa shape index (κ3) is 79.9. The average molecular weight is 1540 g/mol. The lowest BCUT2D eigenvalue weighted by molar-refractivity contribution is -0.161. The molecule has 0 radical (unpaired) electrons. The van der Waals surface area contributed by atoms with Gasteiger partial charge < -0.3 is 33.8 Å². The topological polar surface area (TPSA) is 237 Å². The number of hydrogen-bond donors (Lipinski definition) is 3. The number of carbonyl (C=O) groups is 4. The van der Waals surface area contributed by atoms with Crippen molar-refractivity contribution < 1.29 is 80.2 Å². The molecule has 105 heavy (non-hydrogen) atoms. The molecule has 3 N–H and O–H groups in total. The van der Waals surface area contributed by atoms with Gasteiger partial charge in [-0.1, -0.05) is 419 Å². The van der Waals surface area contributed by atoms with Gasteiger partial charge in [0.15, 0.2) is 12.2 Å². The van der Waals surface area contributed by atoms with Gasteiger partial charge in [-0.2, -0.15) is 0 Å². The molecule has 17 nitrogen and oxygen atoms in total. The lowest BCUT2D eigenvalue weighted by Gasteiger charge is -2.21. The van der Waals surface area contributed by atoms with Crippen molar-refractivity contribution in [3.8, 4) is 0 Å². The van der Waals surface area contributed by atoms with Crippen LogP contribution in [0.4, 0.5) is 0 Å². The monoisotopic (exact) mass is 1540 g/mol. The second-order valence-corrected chi connectivity index (χ2v) is 33.8. The van der Waals surface area contributed by atoms with Crippen molar-refractivity contribution >= 4 is 39.5 Å². The second kappa shape index (κ2) is 80.1. The van der Waals surface area contributed by atoms with Crippen molar-refractivity contribution in [2.45, 2.75) is 489 Å². The summed E-state index contributed by atoms with van der Waals surface area (Å²) in [6, 6.07) is 0. The van der Waals surface area contributed by atoms with Crippen LogP contribution in [0, 0.1) is 0 Å². The molecule has 0 aromatic carbocycles. The van der Waals surface area contributed by atoms with E-state index in [4.69, 9.17) is 37.0 Å². The first-order valence-electron chi connectivity index (χ1n) is 44.8. The number of phosphoric acid groups is 2. The number of ether oxygens (including phenoxy) is 4. The fraction of sp³-hybridized carbons (Fsp3) is 0.953. The van der Waals surface area contributed by atoms with E-state index >= 15 is 0 Å². The summed E-state index contributed by atoms with van der Waals surface area (Å²) in [5.41, 5.74) is 0. The predicted molar refractivity (Wildman–Crippen MR) is 432 cm³/mol. The standard InChI is InChI=1S/C86H168O17P2/c1-5-9-13-17-21-25-29-32-34-36-38-39-40-42-44-46-49-53-57-61-65-69-73-86(91)103-82(77-97-84(89)71-67-63-59-55-51-48-45-43-41-37-35-33-30-26-22-18-14-10-6-2)79-101-105(94,95)99-75-80(87)74-98-104(92,93)100-78-81(76-96-83(88)70-66-62-58-54-50-28-24-20-16-12-8-4)102-85(90)72-68-64-60-56-52-47-31-27-23-19-15-11-7-3/h80-82,87H,5-79H2,1-4H3,(H,92,93)(H,94,95)/t80-,81+,82+/m0/s1. The van der Waals surface area contributed by atoms with Gasteiger partial charge in [-0.25, -0.2) is 9.13 Å². The van der Waals surface area contributed by atoms with E-state index in [2.05, 4.69) is 27.7 Å². The van der Waals surface area contributed by atoms with E-state index in [1.165, 1.54) is 302 Å². The van der Waals surface area contributed by atoms with Crippen LogP contribution < -0.4 is 0 Å². The molecular formula is C86H168O17P2. The van der Waals surface area contributed by atoms with Crippen molar-refractivity contribution in [2.24, 2.45) is 0 Å². The SMILES string of the molecule is CCCCCCCCCCCCCCCCCCCCCCCCC(=O)O[C@H](COC(=O)CCCCCCCCCCCCCCCCCCCCC)COP(=O)(O)OC[C@@H](O)COP(=O)(O)OC[C@@H](COC(=O)CCCCCCCCCCCCC)OC(=O)CCCCCCCCCCCCCCC. The van der Waals surface area contributed by atoms with E-state index < -0.39 is 97.5 Å². The molecule has 19 heteroatoms. The molecule has 0 aromatic heterocycles. The maximum Gasteiger partial charge on any atom is 0.472 e. The van der Waals surface area contributed by atoms with Crippen LogP contribution in [0.5, 0.6) is 0 Å². The molecular weight excluding hydrogens is 1370 g/mol. The van der Waals surface area contributed by atoms with Crippen LogP contribution in [0.25, 0.3) is 0 Å². The van der Waals surface area contributed by atoms with Crippen molar-refractivity contribution in [1.29, 1.82) is 0 Å². The van der Waals surface area contributed by atoms with E-state index in [1.54, 1.807) is 0 Å². The van der Waals surface area contributed by atoms with Gasteiger partial charge in [0.2, 0.25) is 0 Å². The molecule has 0 aliphatic carbocycles. The van der Waals surface area contributed by atoms with Crippen LogP contribution in [0.2, 0.25) is 0 Å². The van der Waals surface area contributed by atoms with Gasteiger partial charge in [-0.15, -0.1) is 0 Å². The Morgan fingerprint density at radius 3 is 0.562 bits per heavy atom. The molecule has 0 spiro atoms. The molecule has 624 valence electrons. The first kappa shape index (κ1) is 103. The quantitative estimate of drug-likeness (QED) is 0.0222. The zero-order valence-corrected chi connectivity index (χ0v) is 70.5. The van der Waals surface area contributed by atoms with Crippen LogP contribution in [0.1, 0.15) is 471 Å². The van der Waals surface area contributed by atoms with Crippen LogP contribution in [0.15, 0.2) is 0 Å². The Hall–Kier alpha value is -1.94. The number of esters is 4. The van der Waals surface area contributed by atoms with Crippen molar-refractivity contribution in [2.75, 3.05) is 39.6 Å². The van der Waals surface area contributed by atoms with E-state index in [0.717, 1.165) is 89.9 Å². The number of unbranched alkanes of at least 4 members (excludes halogenated alkanes) is 61.